The van der Waals surface area contributed by atoms with Crippen LogP contribution in [-0.2, 0) is 4.74 Å². The molecule has 5 rings (SSSR count). The van der Waals surface area contributed by atoms with Gasteiger partial charge in [-0.1, -0.05) is 48.5 Å². The number of non-ortho nitro benzene ring substituents is 1. The monoisotopic (exact) mass is 458 g/mol. The zero-order valence-electron chi connectivity index (χ0n) is 17.6. The van der Waals surface area contributed by atoms with Crippen LogP contribution in [0.2, 0.25) is 0 Å². The highest BCUT2D eigenvalue weighted by molar-refractivity contribution is 5.79. The second kappa shape index (κ2) is 8.28. The number of fused-ring (bicyclic) bond motifs is 3. The lowest BCUT2D eigenvalue weighted by Crippen LogP contribution is -2.25. The van der Waals surface area contributed by atoms with Crippen LogP contribution in [0, 0.1) is 10.1 Å². The summed E-state index contributed by atoms with van der Waals surface area (Å²) in [5.74, 6) is -1.40. The van der Waals surface area contributed by atoms with E-state index in [1.807, 2.05) is 48.5 Å². The maximum absolute atomic E-state index is 12.8. The van der Waals surface area contributed by atoms with Crippen LogP contribution in [0.5, 0.6) is 11.8 Å². The maximum atomic E-state index is 12.8. The lowest BCUT2D eigenvalue weighted by Gasteiger charge is -2.25. The van der Waals surface area contributed by atoms with Gasteiger partial charge < -0.3 is 14.9 Å². The number of hydrogen-bond acceptors (Lipinski definition) is 7. The number of aromatic nitrogens is 1. The molecule has 0 amide bonds. The van der Waals surface area contributed by atoms with Gasteiger partial charge in [0.25, 0.3) is 5.69 Å². The van der Waals surface area contributed by atoms with Gasteiger partial charge in [0.2, 0.25) is 11.8 Å². The number of ether oxygens (including phenoxy) is 1. The molecule has 9 nitrogen and oxygen atoms in total. The van der Waals surface area contributed by atoms with Crippen LogP contribution in [0.25, 0.3) is 11.1 Å². The van der Waals surface area contributed by atoms with Crippen molar-refractivity contribution in [3.63, 3.8) is 0 Å². The molecule has 0 bridgehead atoms. The molecule has 170 valence electrons. The first-order valence-electron chi connectivity index (χ1n) is 10.3. The van der Waals surface area contributed by atoms with E-state index in [-0.39, 0.29) is 5.69 Å². The summed E-state index contributed by atoms with van der Waals surface area (Å²) in [5.41, 5.74) is 4.25. The Kier molecular flexibility index (Phi) is 5.14. The molecular weight excluding hydrogens is 440 g/mol. The zero-order chi connectivity index (χ0) is 23.8. The number of carbonyl (C=O) groups is 1. The van der Waals surface area contributed by atoms with Gasteiger partial charge in [-0.3, -0.25) is 15.0 Å². The van der Waals surface area contributed by atoms with Crippen molar-refractivity contribution in [1.82, 2.24) is 4.73 Å². The largest absolute Gasteiger partial charge is 0.534 e. The van der Waals surface area contributed by atoms with E-state index in [1.54, 1.807) is 0 Å². The molecule has 1 unspecified atom stereocenters. The van der Waals surface area contributed by atoms with Crippen molar-refractivity contribution in [2.24, 2.45) is 0 Å². The molecule has 0 spiro atoms. The molecular formula is C25H18N2O7. The van der Waals surface area contributed by atoms with E-state index in [2.05, 4.69) is 0 Å². The van der Waals surface area contributed by atoms with Crippen molar-refractivity contribution in [3.8, 4) is 22.9 Å². The van der Waals surface area contributed by atoms with Gasteiger partial charge in [0, 0.05) is 24.3 Å². The molecule has 0 saturated heterocycles. The van der Waals surface area contributed by atoms with Crippen LogP contribution in [0.15, 0.2) is 84.9 Å². The Balaban J connectivity index is 1.57. The third kappa shape index (κ3) is 3.58. The fourth-order valence-corrected chi connectivity index (χ4v) is 4.33. The topological polar surface area (TPSA) is 124 Å². The smallest absolute Gasteiger partial charge is 0.492 e. The standard InChI is InChI=1S/C25H18N2O7/c28-21-13-14-22(29)26(21)34-25(30)33-24(15-9-11-16(12-10-15)27(31)32)23-19-7-3-1-5-17(19)18-6-2-4-8-20(18)23/h1-14,23-24,28-29H. The van der Waals surface area contributed by atoms with Gasteiger partial charge in [-0.2, -0.15) is 0 Å². The third-order valence-corrected chi connectivity index (χ3v) is 5.80. The minimum atomic E-state index is -1.17. The number of aromatic hydroxyl groups is 2. The number of benzene rings is 3. The number of nitro benzene ring substituents is 1. The van der Waals surface area contributed by atoms with Gasteiger partial charge in [0.15, 0.2) is 0 Å². The number of nitro groups is 1. The first kappa shape index (κ1) is 21.1. The molecule has 0 aliphatic heterocycles. The summed E-state index contributed by atoms with van der Waals surface area (Å²) in [7, 11) is 0. The summed E-state index contributed by atoms with van der Waals surface area (Å²) in [6.07, 6.45) is -2.09. The van der Waals surface area contributed by atoms with Crippen LogP contribution in [-0.4, -0.2) is 26.0 Å². The van der Waals surface area contributed by atoms with Crippen LogP contribution in [0.4, 0.5) is 10.5 Å². The number of rotatable bonds is 5. The minimum absolute atomic E-state index is 0.0977. The van der Waals surface area contributed by atoms with E-state index in [4.69, 9.17) is 9.57 Å². The summed E-state index contributed by atoms with van der Waals surface area (Å²) in [5, 5.41) is 30.7. The fourth-order valence-electron chi connectivity index (χ4n) is 4.33. The van der Waals surface area contributed by atoms with Gasteiger partial charge in [-0.05, 0) is 39.9 Å². The predicted octanol–water partition coefficient (Wildman–Crippen LogP) is 4.93. The third-order valence-electron chi connectivity index (χ3n) is 5.80. The number of carbonyl (C=O) groups excluding carboxylic acids is 1. The maximum Gasteiger partial charge on any atom is 0.534 e. The second-order valence-electron chi connectivity index (χ2n) is 7.72. The van der Waals surface area contributed by atoms with E-state index in [0.29, 0.717) is 10.3 Å². The highest BCUT2D eigenvalue weighted by Crippen LogP contribution is 2.51. The van der Waals surface area contributed by atoms with Crippen LogP contribution in [0.3, 0.4) is 0 Å². The van der Waals surface area contributed by atoms with Gasteiger partial charge >= 0.3 is 6.16 Å². The SMILES string of the molecule is O=C(OC(c1ccc([N+](=O)[O-])cc1)C1c2ccccc2-c2ccccc21)On1c(O)ccc1O. The molecule has 2 N–H and O–H groups in total. The highest BCUT2D eigenvalue weighted by atomic mass is 16.8. The predicted molar refractivity (Wildman–Crippen MR) is 120 cm³/mol. The second-order valence-corrected chi connectivity index (χ2v) is 7.72. The summed E-state index contributed by atoms with van der Waals surface area (Å²) < 4.78 is 6.28. The molecule has 1 heterocycles. The molecule has 1 aliphatic carbocycles. The van der Waals surface area contributed by atoms with Gasteiger partial charge in [0.05, 0.1) is 10.8 Å². The summed E-state index contributed by atoms with van der Waals surface area (Å²) >= 11 is 0. The zero-order valence-corrected chi connectivity index (χ0v) is 17.6. The summed E-state index contributed by atoms with van der Waals surface area (Å²) in [4.78, 5) is 28.4. The lowest BCUT2D eigenvalue weighted by atomic mass is 9.87. The van der Waals surface area contributed by atoms with Crippen LogP contribution >= 0.6 is 0 Å². The van der Waals surface area contributed by atoms with Gasteiger partial charge in [-0.25, -0.2) is 4.79 Å². The average Bonchev–Trinajstić information content (AvgIpc) is 3.35. The first-order valence-corrected chi connectivity index (χ1v) is 10.3. The molecule has 0 fully saturated rings. The molecule has 34 heavy (non-hydrogen) atoms. The van der Waals surface area contributed by atoms with Crippen molar-refractivity contribution in [1.29, 1.82) is 0 Å². The van der Waals surface area contributed by atoms with Crippen molar-refractivity contribution in [3.05, 3.63) is 112 Å². The number of hydrogen-bond donors (Lipinski definition) is 2. The van der Waals surface area contributed by atoms with E-state index in [1.165, 1.54) is 24.3 Å². The van der Waals surface area contributed by atoms with Gasteiger partial charge in [-0.15, -0.1) is 4.73 Å². The summed E-state index contributed by atoms with van der Waals surface area (Å²) in [6, 6.07) is 23.5. The van der Waals surface area contributed by atoms with Gasteiger partial charge in [0.1, 0.15) is 6.10 Å². The lowest BCUT2D eigenvalue weighted by molar-refractivity contribution is -0.384. The van der Waals surface area contributed by atoms with E-state index >= 15 is 0 Å². The van der Waals surface area contributed by atoms with Crippen LogP contribution in [0.1, 0.15) is 28.7 Å². The van der Waals surface area contributed by atoms with E-state index in [9.17, 15) is 25.1 Å². The molecule has 1 aliphatic rings. The molecule has 0 saturated carbocycles. The highest BCUT2D eigenvalue weighted by Gasteiger charge is 2.38. The average molecular weight is 458 g/mol. The van der Waals surface area contributed by atoms with Crippen molar-refractivity contribution in [2.75, 3.05) is 0 Å². The van der Waals surface area contributed by atoms with Crippen molar-refractivity contribution in [2.45, 2.75) is 12.0 Å². The number of nitrogens with zero attached hydrogens (tertiary/aromatic N) is 2. The Morgan fingerprint density at radius 2 is 1.38 bits per heavy atom. The molecule has 4 aromatic rings. The molecule has 0 radical (unpaired) electrons. The Hall–Kier alpha value is -4.79. The molecule has 1 atom stereocenters. The van der Waals surface area contributed by atoms with Crippen molar-refractivity contribution >= 4 is 11.8 Å². The minimum Gasteiger partial charge on any atom is -0.492 e. The molecule has 9 heteroatoms. The Bertz CT molecular complexity index is 1330. The molecule has 3 aromatic carbocycles. The Labute approximate surface area is 193 Å². The quantitative estimate of drug-likeness (QED) is 0.247. The Morgan fingerprint density at radius 1 is 0.853 bits per heavy atom. The fraction of sp³-hybridized carbons (Fsp3) is 0.0800. The van der Waals surface area contributed by atoms with E-state index < -0.39 is 34.9 Å². The Morgan fingerprint density at radius 3 is 1.91 bits per heavy atom. The summed E-state index contributed by atoms with van der Waals surface area (Å²) in [6.45, 7) is 0. The normalized spacial score (nSPS) is 13.1. The molecule has 1 aromatic heterocycles. The van der Waals surface area contributed by atoms with Crippen LogP contribution < -0.4 is 4.84 Å². The van der Waals surface area contributed by atoms with Crippen molar-refractivity contribution < 1.29 is 29.5 Å². The first-order chi connectivity index (χ1) is 16.4. The van der Waals surface area contributed by atoms with E-state index in [0.717, 1.165) is 34.4 Å².